The van der Waals surface area contributed by atoms with Crippen molar-refractivity contribution < 1.29 is 13.2 Å². The fourth-order valence-electron chi connectivity index (χ4n) is 2.95. The van der Waals surface area contributed by atoms with E-state index in [0.717, 1.165) is 27.3 Å². The Kier molecular flexibility index (Phi) is 6.92. The van der Waals surface area contributed by atoms with Gasteiger partial charge in [0.05, 0.1) is 24.2 Å². The summed E-state index contributed by atoms with van der Waals surface area (Å²) in [6.45, 7) is 5.95. The van der Waals surface area contributed by atoms with Crippen molar-refractivity contribution >= 4 is 38.7 Å². The third kappa shape index (κ3) is 5.80. The van der Waals surface area contributed by atoms with E-state index in [4.69, 9.17) is 0 Å². The normalized spacial score (nSPS) is 11.9. The molecule has 0 radical (unpaired) electrons. The molecule has 0 saturated heterocycles. The Morgan fingerprint density at radius 3 is 2.35 bits per heavy atom. The van der Waals surface area contributed by atoms with Crippen molar-refractivity contribution in [2.45, 2.75) is 27.3 Å². The summed E-state index contributed by atoms with van der Waals surface area (Å²) < 4.78 is 26.2. The molecule has 3 rings (SSSR count). The van der Waals surface area contributed by atoms with Gasteiger partial charge in [0.15, 0.2) is 0 Å². The Morgan fingerprint density at radius 2 is 1.77 bits per heavy atom. The lowest BCUT2D eigenvalue weighted by Gasteiger charge is -2.23. The van der Waals surface area contributed by atoms with Crippen LogP contribution in [0.4, 0.5) is 5.69 Å². The molecule has 1 N–H and O–H groups in total. The van der Waals surface area contributed by atoms with Crippen molar-refractivity contribution in [1.82, 2.24) is 5.43 Å². The second-order valence-corrected chi connectivity index (χ2v) is 10.2. The van der Waals surface area contributed by atoms with Crippen molar-refractivity contribution in [3.8, 4) is 0 Å². The average molecular weight is 456 g/mol. The minimum Gasteiger partial charge on any atom is -0.267 e. The Labute approximate surface area is 187 Å². The number of benzene rings is 2. The van der Waals surface area contributed by atoms with Crippen molar-refractivity contribution in [1.29, 1.82) is 0 Å². The minimum atomic E-state index is -3.47. The Morgan fingerprint density at radius 1 is 1.06 bits per heavy atom. The molecule has 0 unspecified atom stereocenters. The summed E-state index contributed by atoms with van der Waals surface area (Å²) in [4.78, 5) is 13.4. The number of thiophene rings is 1. The summed E-state index contributed by atoms with van der Waals surface area (Å²) in [5.74, 6) is -0.323. The van der Waals surface area contributed by atoms with Gasteiger partial charge in [-0.3, -0.25) is 9.10 Å². The van der Waals surface area contributed by atoms with Gasteiger partial charge >= 0.3 is 0 Å². The van der Waals surface area contributed by atoms with Crippen LogP contribution in [0.3, 0.4) is 0 Å². The lowest BCUT2D eigenvalue weighted by Crippen LogP contribution is -2.29. The van der Waals surface area contributed by atoms with Crippen molar-refractivity contribution in [2.75, 3.05) is 10.6 Å². The second-order valence-electron chi connectivity index (χ2n) is 7.35. The van der Waals surface area contributed by atoms with Crippen LogP contribution in [-0.2, 0) is 16.6 Å². The fraction of sp³-hybridized carbons (Fsp3) is 0.217. The van der Waals surface area contributed by atoms with Crippen LogP contribution < -0.4 is 9.73 Å². The lowest BCUT2D eigenvalue weighted by atomic mass is 10.1. The molecule has 0 aliphatic carbocycles. The van der Waals surface area contributed by atoms with E-state index in [1.807, 2.05) is 50.4 Å². The topological polar surface area (TPSA) is 78.8 Å². The number of hydrogen-bond donors (Lipinski definition) is 1. The van der Waals surface area contributed by atoms with E-state index in [9.17, 15) is 13.2 Å². The second kappa shape index (κ2) is 9.45. The molecule has 0 aliphatic rings. The van der Waals surface area contributed by atoms with Crippen LogP contribution in [0.5, 0.6) is 0 Å². The zero-order valence-corrected chi connectivity index (χ0v) is 19.5. The molecule has 0 saturated carbocycles. The van der Waals surface area contributed by atoms with Crippen LogP contribution in [0, 0.1) is 13.8 Å². The average Bonchev–Trinajstić information content (AvgIpc) is 3.27. The predicted molar refractivity (Wildman–Crippen MR) is 127 cm³/mol. The number of rotatable bonds is 7. The number of aryl methyl sites for hydroxylation is 2. The smallest absolute Gasteiger partial charge is 0.267 e. The fourth-order valence-corrected chi connectivity index (χ4v) is 4.50. The maximum absolute atomic E-state index is 12.4. The van der Waals surface area contributed by atoms with Crippen LogP contribution in [0.15, 0.2) is 65.1 Å². The maximum atomic E-state index is 12.4. The number of carbonyl (C=O) groups is 1. The summed E-state index contributed by atoms with van der Waals surface area (Å²) in [5.41, 5.74) is 7.26. The SMILES string of the molecule is C/C(=N/NC(=O)c1ccc(CN(c2ccc(C)c(C)c2)S(C)(=O)=O)cc1)c1cccs1. The first kappa shape index (κ1) is 22.7. The van der Waals surface area contributed by atoms with Crippen molar-refractivity contribution in [2.24, 2.45) is 5.10 Å². The highest BCUT2D eigenvalue weighted by Gasteiger charge is 2.18. The molecule has 0 atom stereocenters. The van der Waals surface area contributed by atoms with Gasteiger partial charge in [-0.15, -0.1) is 11.3 Å². The highest BCUT2D eigenvalue weighted by Crippen LogP contribution is 2.23. The Hall–Kier alpha value is -2.97. The number of nitrogens with one attached hydrogen (secondary N) is 1. The van der Waals surface area contributed by atoms with Crippen LogP contribution in [-0.4, -0.2) is 26.3 Å². The number of anilines is 1. The molecule has 1 heterocycles. The molecule has 1 aromatic heterocycles. The molecule has 8 heteroatoms. The molecule has 162 valence electrons. The third-order valence-corrected chi connectivity index (χ3v) is 7.04. The van der Waals surface area contributed by atoms with Gasteiger partial charge in [-0.05, 0) is 73.2 Å². The van der Waals surface area contributed by atoms with E-state index >= 15 is 0 Å². The van der Waals surface area contributed by atoms with E-state index in [-0.39, 0.29) is 12.5 Å². The minimum absolute atomic E-state index is 0.179. The van der Waals surface area contributed by atoms with E-state index in [1.165, 1.54) is 10.6 Å². The molecule has 0 spiro atoms. The molecule has 6 nitrogen and oxygen atoms in total. The zero-order valence-electron chi connectivity index (χ0n) is 17.9. The third-order valence-electron chi connectivity index (χ3n) is 4.92. The van der Waals surface area contributed by atoms with Gasteiger partial charge in [-0.1, -0.05) is 24.3 Å². The molecule has 0 fully saturated rings. The van der Waals surface area contributed by atoms with Crippen LogP contribution in [0.2, 0.25) is 0 Å². The van der Waals surface area contributed by atoms with E-state index < -0.39 is 10.0 Å². The molecular weight excluding hydrogens is 430 g/mol. The summed E-state index contributed by atoms with van der Waals surface area (Å²) >= 11 is 1.55. The number of amides is 1. The Bertz CT molecular complexity index is 1200. The first-order valence-corrected chi connectivity index (χ1v) is 12.4. The van der Waals surface area contributed by atoms with Crippen molar-refractivity contribution in [3.05, 3.63) is 87.1 Å². The van der Waals surface area contributed by atoms with Gasteiger partial charge in [0, 0.05) is 10.4 Å². The van der Waals surface area contributed by atoms with Gasteiger partial charge < -0.3 is 0 Å². The Balaban J connectivity index is 1.74. The summed E-state index contributed by atoms with van der Waals surface area (Å²) in [5, 5.41) is 6.09. The molecule has 1 amide bonds. The quantitative estimate of drug-likeness (QED) is 0.421. The van der Waals surface area contributed by atoms with Gasteiger partial charge in [-0.2, -0.15) is 5.10 Å². The highest BCUT2D eigenvalue weighted by atomic mass is 32.2. The molecule has 31 heavy (non-hydrogen) atoms. The van der Waals surface area contributed by atoms with Gasteiger partial charge in [0.1, 0.15) is 0 Å². The standard InChI is InChI=1S/C23H25N3O3S2/c1-16-7-12-21(14-17(16)2)26(31(4,28)29)15-19-8-10-20(11-9-19)23(27)25-24-18(3)22-6-5-13-30-22/h5-14H,15H2,1-4H3,(H,25,27)/b24-18-. The van der Waals surface area contributed by atoms with E-state index in [2.05, 4.69) is 10.5 Å². The molecular formula is C23H25N3O3S2. The monoisotopic (exact) mass is 455 g/mol. The number of sulfonamides is 1. The molecule has 3 aromatic rings. The number of hydrogen-bond acceptors (Lipinski definition) is 5. The maximum Gasteiger partial charge on any atom is 0.271 e. The van der Waals surface area contributed by atoms with Crippen LogP contribution in [0.1, 0.15) is 38.8 Å². The summed E-state index contributed by atoms with van der Waals surface area (Å²) in [6.07, 6.45) is 1.19. The largest absolute Gasteiger partial charge is 0.271 e. The van der Waals surface area contributed by atoms with Crippen LogP contribution in [0.25, 0.3) is 0 Å². The number of nitrogens with zero attached hydrogens (tertiary/aromatic N) is 2. The zero-order chi connectivity index (χ0) is 22.6. The number of carbonyl (C=O) groups excluding carboxylic acids is 1. The molecule has 0 aliphatic heterocycles. The van der Waals surface area contributed by atoms with Crippen LogP contribution >= 0.6 is 11.3 Å². The van der Waals surface area contributed by atoms with Gasteiger partial charge in [0.2, 0.25) is 10.0 Å². The summed E-state index contributed by atoms with van der Waals surface area (Å²) in [6, 6.07) is 16.3. The van der Waals surface area contributed by atoms with Gasteiger partial charge in [0.25, 0.3) is 5.91 Å². The van der Waals surface area contributed by atoms with Gasteiger partial charge in [-0.25, -0.2) is 13.8 Å². The molecule has 0 bridgehead atoms. The van der Waals surface area contributed by atoms with E-state index in [0.29, 0.717) is 11.3 Å². The lowest BCUT2D eigenvalue weighted by molar-refractivity contribution is 0.0955. The van der Waals surface area contributed by atoms with Crippen molar-refractivity contribution in [3.63, 3.8) is 0 Å². The molecule has 2 aromatic carbocycles. The highest BCUT2D eigenvalue weighted by molar-refractivity contribution is 7.92. The van der Waals surface area contributed by atoms with E-state index in [1.54, 1.807) is 41.7 Å². The first-order valence-electron chi connectivity index (χ1n) is 9.67. The number of hydrazone groups is 1. The predicted octanol–water partition coefficient (Wildman–Crippen LogP) is 4.49. The summed E-state index contributed by atoms with van der Waals surface area (Å²) in [7, 11) is -3.47. The first-order chi connectivity index (χ1) is 14.6.